The first-order valence-corrected chi connectivity index (χ1v) is 12.1. The van der Waals surface area contributed by atoms with Gasteiger partial charge in [0.05, 0.1) is 34.2 Å². The molecule has 34 heavy (non-hydrogen) atoms. The average Bonchev–Trinajstić information content (AvgIpc) is 2.93. The van der Waals surface area contributed by atoms with Crippen molar-refractivity contribution >= 4 is 11.8 Å². The van der Waals surface area contributed by atoms with Gasteiger partial charge in [-0.25, -0.2) is 9.97 Å². The molecular formula is C27H22N6S. The van der Waals surface area contributed by atoms with Crippen molar-refractivity contribution in [2.24, 2.45) is 0 Å². The first-order chi connectivity index (χ1) is 16.8. The van der Waals surface area contributed by atoms with Gasteiger partial charge in [-0.1, -0.05) is 30.8 Å². The van der Waals surface area contributed by atoms with Crippen LogP contribution in [0.25, 0.3) is 45.3 Å². The summed E-state index contributed by atoms with van der Waals surface area (Å²) in [4.78, 5) is 27.6. The van der Waals surface area contributed by atoms with Crippen LogP contribution in [0.5, 0.6) is 0 Å². The van der Waals surface area contributed by atoms with Gasteiger partial charge in [-0.3, -0.25) is 19.9 Å². The zero-order chi connectivity index (χ0) is 23.2. The summed E-state index contributed by atoms with van der Waals surface area (Å²) in [5, 5.41) is 0.747. The van der Waals surface area contributed by atoms with Crippen LogP contribution in [0.2, 0.25) is 0 Å². The monoisotopic (exact) mass is 462 g/mol. The molecule has 0 amide bonds. The molecule has 0 unspecified atom stereocenters. The van der Waals surface area contributed by atoms with Crippen molar-refractivity contribution in [3.63, 3.8) is 0 Å². The lowest BCUT2D eigenvalue weighted by Gasteiger charge is -2.09. The molecule has 0 radical (unpaired) electrons. The van der Waals surface area contributed by atoms with Gasteiger partial charge in [0.2, 0.25) is 0 Å². The quantitative estimate of drug-likeness (QED) is 0.210. The number of hydrogen-bond acceptors (Lipinski definition) is 7. The Balaban J connectivity index is 1.49. The van der Waals surface area contributed by atoms with E-state index in [1.165, 1.54) is 0 Å². The van der Waals surface area contributed by atoms with Crippen LogP contribution in [0.15, 0.2) is 96.7 Å². The molecule has 166 valence electrons. The lowest BCUT2D eigenvalue weighted by atomic mass is 10.1. The third kappa shape index (κ3) is 5.00. The summed E-state index contributed by atoms with van der Waals surface area (Å²) in [6, 6.07) is 21.6. The minimum absolute atomic E-state index is 0.747. The Labute approximate surface area is 202 Å². The van der Waals surface area contributed by atoms with Gasteiger partial charge in [0.15, 0.2) is 5.16 Å². The molecule has 0 fully saturated rings. The van der Waals surface area contributed by atoms with Crippen molar-refractivity contribution in [3.8, 4) is 45.3 Å². The molecule has 0 atom stereocenters. The molecule has 0 bridgehead atoms. The molecule has 6 nitrogen and oxygen atoms in total. The molecule has 0 aliphatic heterocycles. The number of rotatable bonds is 7. The Morgan fingerprint density at radius 2 is 1.12 bits per heavy atom. The first-order valence-electron chi connectivity index (χ1n) is 11.1. The molecule has 0 N–H and O–H groups in total. The first kappa shape index (κ1) is 21.9. The Kier molecular flexibility index (Phi) is 6.63. The number of hydrogen-bond donors (Lipinski definition) is 0. The second-order valence-electron chi connectivity index (χ2n) is 7.56. The van der Waals surface area contributed by atoms with Gasteiger partial charge < -0.3 is 0 Å². The van der Waals surface area contributed by atoms with E-state index in [1.54, 1.807) is 24.2 Å². The molecule has 5 heterocycles. The molecule has 5 rings (SSSR count). The molecule has 0 aliphatic rings. The summed E-state index contributed by atoms with van der Waals surface area (Å²) in [5.41, 5.74) is 6.86. The standard InChI is InChI=1S/C27H22N6S/c1-2-15-34-27-32-25(19-9-11-23(30-17-19)21-7-3-5-13-28-21)16-26(33-27)20-10-12-24(31-18-20)22-8-4-6-14-29-22/h3-14,16-18H,2,15H2,1H3. The van der Waals surface area contributed by atoms with Crippen LogP contribution < -0.4 is 0 Å². The maximum absolute atomic E-state index is 4.80. The molecule has 5 aromatic rings. The van der Waals surface area contributed by atoms with Gasteiger partial charge in [0.25, 0.3) is 0 Å². The predicted molar refractivity (Wildman–Crippen MR) is 136 cm³/mol. The normalized spacial score (nSPS) is 10.9. The Hall–Kier alpha value is -3.97. The highest BCUT2D eigenvalue weighted by atomic mass is 32.2. The van der Waals surface area contributed by atoms with E-state index in [-0.39, 0.29) is 0 Å². The minimum Gasteiger partial charge on any atom is -0.255 e. The van der Waals surface area contributed by atoms with Crippen molar-refractivity contribution in [2.75, 3.05) is 5.75 Å². The number of nitrogens with zero attached hydrogens (tertiary/aromatic N) is 6. The van der Waals surface area contributed by atoms with Gasteiger partial charge in [-0.2, -0.15) is 0 Å². The van der Waals surface area contributed by atoms with Gasteiger partial charge in [0, 0.05) is 41.7 Å². The zero-order valence-electron chi connectivity index (χ0n) is 18.7. The summed E-state index contributed by atoms with van der Waals surface area (Å²) >= 11 is 1.66. The Morgan fingerprint density at radius 1 is 0.588 bits per heavy atom. The smallest absolute Gasteiger partial charge is 0.188 e. The molecule has 0 saturated heterocycles. The number of aromatic nitrogens is 6. The van der Waals surface area contributed by atoms with Gasteiger partial charge in [-0.15, -0.1) is 0 Å². The zero-order valence-corrected chi connectivity index (χ0v) is 19.5. The molecule has 0 saturated carbocycles. The van der Waals surface area contributed by atoms with E-state index in [0.717, 1.165) is 62.6 Å². The highest BCUT2D eigenvalue weighted by Gasteiger charge is 2.11. The van der Waals surface area contributed by atoms with Crippen molar-refractivity contribution in [3.05, 3.63) is 91.5 Å². The van der Waals surface area contributed by atoms with Gasteiger partial charge in [0.1, 0.15) is 0 Å². The minimum atomic E-state index is 0.747. The van der Waals surface area contributed by atoms with E-state index >= 15 is 0 Å². The third-order valence-electron chi connectivity index (χ3n) is 5.11. The highest BCUT2D eigenvalue weighted by molar-refractivity contribution is 7.99. The Bertz CT molecular complexity index is 1260. The van der Waals surface area contributed by atoms with Crippen LogP contribution in [0.4, 0.5) is 0 Å². The van der Waals surface area contributed by atoms with Crippen LogP contribution in [-0.4, -0.2) is 35.7 Å². The lowest BCUT2D eigenvalue weighted by molar-refractivity contribution is 0.970. The fourth-order valence-corrected chi connectivity index (χ4v) is 4.11. The van der Waals surface area contributed by atoms with Crippen molar-refractivity contribution < 1.29 is 0 Å². The van der Waals surface area contributed by atoms with E-state index in [9.17, 15) is 0 Å². The molecule has 7 heteroatoms. The highest BCUT2D eigenvalue weighted by Crippen LogP contribution is 2.28. The van der Waals surface area contributed by atoms with Crippen LogP contribution in [0.1, 0.15) is 13.3 Å². The van der Waals surface area contributed by atoms with E-state index in [0.29, 0.717) is 0 Å². The van der Waals surface area contributed by atoms with E-state index in [2.05, 4.69) is 26.9 Å². The number of pyridine rings is 4. The second kappa shape index (κ2) is 10.3. The van der Waals surface area contributed by atoms with E-state index < -0.39 is 0 Å². The van der Waals surface area contributed by atoms with Crippen LogP contribution in [0, 0.1) is 0 Å². The van der Waals surface area contributed by atoms with Crippen LogP contribution >= 0.6 is 11.8 Å². The second-order valence-corrected chi connectivity index (χ2v) is 8.63. The van der Waals surface area contributed by atoms with Crippen LogP contribution in [-0.2, 0) is 0 Å². The van der Waals surface area contributed by atoms with Crippen molar-refractivity contribution in [2.45, 2.75) is 18.5 Å². The maximum atomic E-state index is 4.80. The summed E-state index contributed by atoms with van der Waals surface area (Å²) in [6.07, 6.45) is 8.27. The fraction of sp³-hybridized carbons (Fsp3) is 0.111. The molecule has 0 aliphatic carbocycles. The third-order valence-corrected chi connectivity index (χ3v) is 6.17. The molecule has 5 aromatic heterocycles. The lowest BCUT2D eigenvalue weighted by Crippen LogP contribution is -1.96. The summed E-state index contributed by atoms with van der Waals surface area (Å²) < 4.78 is 0. The molecule has 0 aromatic carbocycles. The van der Waals surface area contributed by atoms with Crippen molar-refractivity contribution in [1.29, 1.82) is 0 Å². The predicted octanol–water partition coefficient (Wildman–Crippen LogP) is 6.23. The Morgan fingerprint density at radius 3 is 1.53 bits per heavy atom. The average molecular weight is 463 g/mol. The maximum Gasteiger partial charge on any atom is 0.188 e. The SMILES string of the molecule is CCCSc1nc(-c2ccc(-c3ccccn3)nc2)cc(-c2ccc(-c3ccccn3)nc2)n1. The van der Waals surface area contributed by atoms with Gasteiger partial charge >= 0.3 is 0 Å². The fourth-order valence-electron chi connectivity index (χ4n) is 3.40. The van der Waals surface area contributed by atoms with Gasteiger partial charge in [-0.05, 0) is 61.0 Å². The summed E-state index contributed by atoms with van der Waals surface area (Å²) in [6.45, 7) is 2.15. The topological polar surface area (TPSA) is 77.3 Å². The largest absolute Gasteiger partial charge is 0.255 e. The number of thioether (sulfide) groups is 1. The molecular weight excluding hydrogens is 440 g/mol. The summed E-state index contributed by atoms with van der Waals surface area (Å²) in [7, 11) is 0. The van der Waals surface area contributed by atoms with Crippen LogP contribution in [0.3, 0.4) is 0 Å². The van der Waals surface area contributed by atoms with Crippen molar-refractivity contribution in [1.82, 2.24) is 29.9 Å². The van der Waals surface area contributed by atoms with E-state index in [4.69, 9.17) is 9.97 Å². The van der Waals surface area contributed by atoms with E-state index in [1.807, 2.05) is 79.1 Å². The summed E-state index contributed by atoms with van der Waals surface area (Å²) in [5.74, 6) is 0.955. The molecule has 0 spiro atoms.